The minimum Gasteiger partial charge on any atom is -0.310 e. The highest BCUT2D eigenvalue weighted by Gasteiger charge is 2.12. The zero-order valence-electron chi connectivity index (χ0n) is 10.4. The molecule has 0 bridgehead atoms. The fraction of sp³-hybridized carbons (Fsp3) is 0.429. The first-order chi connectivity index (χ1) is 8.06. The molecule has 0 spiro atoms. The zero-order chi connectivity index (χ0) is 12.8. The van der Waals surface area contributed by atoms with Gasteiger partial charge >= 0.3 is 0 Å². The molecular weight excluding hydrogens is 298 g/mol. The topological polar surface area (TPSA) is 12.0 Å². The van der Waals surface area contributed by atoms with Crippen LogP contribution in [0.15, 0.2) is 34.8 Å². The van der Waals surface area contributed by atoms with Crippen LogP contribution in [0.1, 0.15) is 38.3 Å². The van der Waals surface area contributed by atoms with Gasteiger partial charge in [0.15, 0.2) is 0 Å². The van der Waals surface area contributed by atoms with Gasteiger partial charge in [0.1, 0.15) is 0 Å². The van der Waals surface area contributed by atoms with E-state index in [4.69, 9.17) is 11.6 Å². The summed E-state index contributed by atoms with van der Waals surface area (Å²) in [4.78, 5) is 0. The van der Waals surface area contributed by atoms with Gasteiger partial charge in [-0.15, -0.1) is 0 Å². The van der Waals surface area contributed by atoms with Gasteiger partial charge in [0, 0.05) is 15.5 Å². The predicted octanol–water partition coefficient (Wildman–Crippen LogP) is 5.11. The molecule has 0 aliphatic carbocycles. The fourth-order valence-electron chi connectivity index (χ4n) is 1.76. The van der Waals surface area contributed by atoms with Crippen molar-refractivity contribution < 1.29 is 0 Å². The third-order valence-corrected chi connectivity index (χ3v) is 3.41. The Hall–Kier alpha value is -0.310. The van der Waals surface area contributed by atoms with Crippen LogP contribution < -0.4 is 5.32 Å². The van der Waals surface area contributed by atoms with Crippen LogP contribution >= 0.6 is 27.5 Å². The molecular formula is C14H19BrClN. The summed E-state index contributed by atoms with van der Waals surface area (Å²) >= 11 is 9.57. The summed E-state index contributed by atoms with van der Waals surface area (Å²) < 4.78 is 1.02. The largest absolute Gasteiger partial charge is 0.310 e. The first kappa shape index (κ1) is 14.7. The van der Waals surface area contributed by atoms with Gasteiger partial charge < -0.3 is 5.32 Å². The molecule has 1 N–H and O–H groups in total. The van der Waals surface area contributed by atoms with E-state index in [1.807, 2.05) is 12.1 Å². The molecule has 0 fully saturated rings. The Kier molecular flexibility index (Phi) is 6.24. The number of hydrogen-bond donors (Lipinski definition) is 1. The van der Waals surface area contributed by atoms with Gasteiger partial charge in [0.25, 0.3) is 0 Å². The van der Waals surface area contributed by atoms with Crippen molar-refractivity contribution in [3.8, 4) is 0 Å². The highest BCUT2D eigenvalue weighted by molar-refractivity contribution is 9.10. The number of rotatable bonds is 6. The maximum atomic E-state index is 6.08. The lowest BCUT2D eigenvalue weighted by molar-refractivity contribution is 0.543. The van der Waals surface area contributed by atoms with E-state index in [0.717, 1.165) is 28.9 Å². The van der Waals surface area contributed by atoms with Crippen LogP contribution in [0.25, 0.3) is 0 Å². The van der Waals surface area contributed by atoms with Crippen LogP contribution in [-0.4, -0.2) is 6.54 Å². The van der Waals surface area contributed by atoms with Crippen molar-refractivity contribution in [3.05, 3.63) is 45.4 Å². The van der Waals surface area contributed by atoms with E-state index >= 15 is 0 Å². The highest BCUT2D eigenvalue weighted by Crippen LogP contribution is 2.27. The average Bonchev–Trinajstić information content (AvgIpc) is 2.27. The lowest BCUT2D eigenvalue weighted by atomic mass is 9.98. The van der Waals surface area contributed by atoms with Crippen molar-refractivity contribution >= 4 is 27.5 Å². The third kappa shape index (κ3) is 4.82. The van der Waals surface area contributed by atoms with E-state index in [1.54, 1.807) is 0 Å². The minimum atomic E-state index is 0.294. The molecule has 1 atom stereocenters. The molecule has 0 saturated heterocycles. The van der Waals surface area contributed by atoms with E-state index in [-0.39, 0.29) is 0 Å². The summed E-state index contributed by atoms with van der Waals surface area (Å²) in [5, 5.41) is 4.24. The van der Waals surface area contributed by atoms with Crippen LogP contribution in [-0.2, 0) is 0 Å². The molecule has 1 unspecified atom stereocenters. The van der Waals surface area contributed by atoms with Gasteiger partial charge in [-0.1, -0.05) is 53.5 Å². The first-order valence-corrected chi connectivity index (χ1v) is 7.10. The smallest absolute Gasteiger partial charge is 0.0420 e. The number of hydrogen-bond acceptors (Lipinski definition) is 1. The minimum absolute atomic E-state index is 0.294. The third-order valence-electron chi connectivity index (χ3n) is 2.73. The Morgan fingerprint density at radius 3 is 2.65 bits per heavy atom. The van der Waals surface area contributed by atoms with Crippen LogP contribution in [0, 0.1) is 0 Å². The summed E-state index contributed by atoms with van der Waals surface area (Å²) in [5.41, 5.74) is 2.47. The maximum absolute atomic E-state index is 6.08. The molecule has 94 valence electrons. The Bertz CT molecular complexity index is 370. The second-order valence-corrected chi connectivity index (χ2v) is 5.47. The summed E-state index contributed by atoms with van der Waals surface area (Å²) in [7, 11) is 0. The Balaban J connectivity index is 2.91. The Morgan fingerprint density at radius 1 is 1.41 bits per heavy atom. The second kappa shape index (κ2) is 7.20. The highest BCUT2D eigenvalue weighted by atomic mass is 79.9. The van der Waals surface area contributed by atoms with Gasteiger partial charge in [-0.3, -0.25) is 0 Å². The van der Waals surface area contributed by atoms with Crippen molar-refractivity contribution in [1.82, 2.24) is 5.32 Å². The molecule has 1 rings (SSSR count). The molecule has 3 heteroatoms. The molecule has 1 nitrogen and oxygen atoms in total. The van der Waals surface area contributed by atoms with Crippen molar-refractivity contribution in [2.45, 2.75) is 32.7 Å². The maximum Gasteiger partial charge on any atom is 0.0420 e. The van der Waals surface area contributed by atoms with E-state index < -0.39 is 0 Å². The molecule has 0 heterocycles. The Morgan fingerprint density at radius 2 is 2.12 bits per heavy atom. The summed E-state index contributed by atoms with van der Waals surface area (Å²) in [6.07, 6.45) is 1.97. The number of benzene rings is 1. The summed E-state index contributed by atoms with van der Waals surface area (Å²) in [5.74, 6) is 0. The van der Waals surface area contributed by atoms with Gasteiger partial charge in [0.2, 0.25) is 0 Å². The van der Waals surface area contributed by atoms with Gasteiger partial charge in [-0.05, 0) is 43.1 Å². The lowest BCUT2D eigenvalue weighted by Crippen LogP contribution is -2.21. The lowest BCUT2D eigenvalue weighted by Gasteiger charge is -2.20. The van der Waals surface area contributed by atoms with Crippen molar-refractivity contribution in [1.29, 1.82) is 0 Å². The average molecular weight is 317 g/mol. The van der Waals surface area contributed by atoms with E-state index in [0.29, 0.717) is 6.04 Å². The monoisotopic (exact) mass is 315 g/mol. The van der Waals surface area contributed by atoms with Crippen molar-refractivity contribution in [2.75, 3.05) is 6.54 Å². The van der Waals surface area contributed by atoms with Crippen molar-refractivity contribution in [3.63, 3.8) is 0 Å². The van der Waals surface area contributed by atoms with E-state index in [1.165, 1.54) is 11.1 Å². The first-order valence-electron chi connectivity index (χ1n) is 5.92. The number of nitrogens with one attached hydrogen (secondary N) is 1. The van der Waals surface area contributed by atoms with Gasteiger partial charge in [-0.25, -0.2) is 0 Å². The van der Waals surface area contributed by atoms with Crippen LogP contribution in [0.5, 0.6) is 0 Å². The van der Waals surface area contributed by atoms with Gasteiger partial charge in [0.05, 0.1) is 0 Å². The van der Waals surface area contributed by atoms with E-state index in [2.05, 4.69) is 47.7 Å². The summed E-state index contributed by atoms with van der Waals surface area (Å²) in [6, 6.07) is 6.33. The molecule has 1 aromatic rings. The quantitative estimate of drug-likeness (QED) is 0.719. The van der Waals surface area contributed by atoms with Gasteiger partial charge in [-0.2, -0.15) is 0 Å². The predicted molar refractivity (Wildman–Crippen MR) is 79.6 cm³/mol. The molecule has 0 radical (unpaired) electrons. The summed E-state index contributed by atoms with van der Waals surface area (Å²) in [6.45, 7) is 9.27. The number of halogens is 2. The van der Waals surface area contributed by atoms with Crippen molar-refractivity contribution in [2.24, 2.45) is 0 Å². The molecule has 0 aliphatic heterocycles. The fourth-order valence-corrected chi connectivity index (χ4v) is 2.65. The van der Waals surface area contributed by atoms with Crippen LogP contribution in [0.3, 0.4) is 0 Å². The van der Waals surface area contributed by atoms with Crippen LogP contribution in [0.2, 0.25) is 5.02 Å². The zero-order valence-corrected chi connectivity index (χ0v) is 12.7. The second-order valence-electron chi connectivity index (χ2n) is 4.12. The molecule has 0 aromatic heterocycles. The normalized spacial score (nSPS) is 12.5. The Labute approximate surface area is 117 Å². The van der Waals surface area contributed by atoms with E-state index in [9.17, 15) is 0 Å². The molecule has 17 heavy (non-hydrogen) atoms. The van der Waals surface area contributed by atoms with Crippen LogP contribution in [0.4, 0.5) is 0 Å². The molecule has 1 aromatic carbocycles. The standard InChI is InChI=1S/C14H19BrClN/c1-4-10(3)6-14(17-5-2)11-7-12(15)9-13(16)8-11/h7-9,14,17H,3-6H2,1-2H3. The molecule has 0 saturated carbocycles. The molecule has 0 amide bonds. The molecule has 0 aliphatic rings. The SMILES string of the molecule is C=C(CC)CC(NCC)c1cc(Cl)cc(Br)c1.